The van der Waals surface area contributed by atoms with Crippen LogP contribution in [0.25, 0.3) is 22.5 Å². The summed E-state index contributed by atoms with van der Waals surface area (Å²) < 4.78 is 28.9. The Kier molecular flexibility index (Phi) is 6.43. The molecule has 35 heavy (non-hydrogen) atoms. The smallest absolute Gasteiger partial charge is 0.277 e. The van der Waals surface area contributed by atoms with E-state index in [0.717, 1.165) is 27.0 Å². The first-order valence-electron chi connectivity index (χ1n) is 11.4. The molecule has 1 aromatic heterocycles. The number of anilines is 1. The van der Waals surface area contributed by atoms with Crippen molar-refractivity contribution in [3.05, 3.63) is 94.8 Å². The number of hydrogen-bond donors (Lipinski definition) is 2. The highest BCUT2D eigenvalue weighted by atomic mass is 19.3. The maximum Gasteiger partial charge on any atom is 0.277 e. The molecule has 0 unspecified atom stereocenters. The molecule has 0 saturated carbocycles. The molecule has 7 heteroatoms. The van der Waals surface area contributed by atoms with Crippen LogP contribution in [0.5, 0.6) is 0 Å². The van der Waals surface area contributed by atoms with E-state index in [9.17, 15) is 18.8 Å². The molecule has 5 nitrogen and oxygen atoms in total. The van der Waals surface area contributed by atoms with Gasteiger partial charge in [-0.3, -0.25) is 4.79 Å². The number of aryl methyl sites for hydroxylation is 3. The number of carbonyl (C=O) groups excluding carboxylic acids is 1. The number of alkyl halides is 2. The van der Waals surface area contributed by atoms with Crippen LogP contribution in [0.4, 0.5) is 14.5 Å². The molecule has 0 aliphatic heterocycles. The lowest BCUT2D eigenvalue weighted by atomic mass is 9.94. The number of rotatable bonds is 6. The summed E-state index contributed by atoms with van der Waals surface area (Å²) in [5.74, 6) is -3.43. The second-order valence-corrected chi connectivity index (χ2v) is 8.62. The Morgan fingerprint density at radius 2 is 1.60 bits per heavy atom. The molecule has 4 rings (SSSR count). The van der Waals surface area contributed by atoms with Crippen LogP contribution in [0.1, 0.15) is 46.2 Å². The number of hydrogen-bond acceptors (Lipinski definition) is 3. The van der Waals surface area contributed by atoms with Gasteiger partial charge in [-0.15, -0.1) is 0 Å². The predicted molar refractivity (Wildman–Crippen MR) is 133 cm³/mol. The van der Waals surface area contributed by atoms with Crippen molar-refractivity contribution in [2.45, 2.75) is 40.0 Å². The van der Waals surface area contributed by atoms with E-state index in [1.165, 1.54) is 31.2 Å². The third-order valence-corrected chi connectivity index (χ3v) is 6.12. The van der Waals surface area contributed by atoms with Crippen LogP contribution in [-0.2, 0) is 5.92 Å². The zero-order chi connectivity index (χ0) is 25.3. The Hall–Kier alpha value is -4.00. The first-order chi connectivity index (χ1) is 16.6. The zero-order valence-electron chi connectivity index (χ0n) is 20.1. The minimum atomic E-state index is -3.00. The first kappa shape index (κ1) is 24.1. The van der Waals surface area contributed by atoms with Crippen molar-refractivity contribution in [2.24, 2.45) is 0 Å². The van der Waals surface area contributed by atoms with Crippen LogP contribution in [0.2, 0.25) is 0 Å². The van der Waals surface area contributed by atoms with E-state index < -0.39 is 11.8 Å². The van der Waals surface area contributed by atoms with Gasteiger partial charge in [-0.25, -0.2) is 13.8 Å². The van der Waals surface area contributed by atoms with Crippen LogP contribution in [0, 0.1) is 20.8 Å². The summed E-state index contributed by atoms with van der Waals surface area (Å²) in [5.41, 5.74) is 5.23. The Labute approximate surface area is 203 Å². The van der Waals surface area contributed by atoms with Crippen LogP contribution in [-0.4, -0.2) is 20.8 Å². The van der Waals surface area contributed by atoms with Gasteiger partial charge < -0.3 is 10.5 Å². The minimum Gasteiger partial charge on any atom is -0.426 e. The maximum absolute atomic E-state index is 14.1. The van der Waals surface area contributed by atoms with Crippen molar-refractivity contribution in [3.8, 4) is 22.5 Å². The molecule has 0 aliphatic carbocycles. The molecule has 1 heterocycles. The standard InChI is InChI=1S/C28H27F2N3O2/c1-5-28(29,30)22-13-8-14-23(16-22)32-27(34)25-19(4)31-26(33(25)35)21-12-7-11-20(15-21)24-17(2)9-6-10-18(24)3/h6-16,35H,5H2,1-4H3,(H,32,34). The summed E-state index contributed by atoms with van der Waals surface area (Å²) >= 11 is 0. The van der Waals surface area contributed by atoms with Gasteiger partial charge in [-0.1, -0.05) is 55.5 Å². The molecule has 0 bridgehead atoms. The Morgan fingerprint density at radius 1 is 0.971 bits per heavy atom. The molecule has 0 aliphatic rings. The molecule has 0 spiro atoms. The van der Waals surface area contributed by atoms with E-state index in [0.29, 0.717) is 11.3 Å². The number of carbonyl (C=O) groups is 1. The van der Waals surface area contributed by atoms with E-state index in [1.54, 1.807) is 6.92 Å². The summed E-state index contributed by atoms with van der Waals surface area (Å²) in [6.07, 6.45) is -0.350. The highest BCUT2D eigenvalue weighted by Crippen LogP contribution is 2.33. The van der Waals surface area contributed by atoms with Gasteiger partial charge in [0.15, 0.2) is 11.5 Å². The number of halogens is 2. The molecule has 4 aromatic rings. The van der Waals surface area contributed by atoms with Crippen LogP contribution < -0.4 is 5.32 Å². The van der Waals surface area contributed by atoms with Crippen molar-refractivity contribution in [2.75, 3.05) is 5.32 Å². The van der Waals surface area contributed by atoms with Crippen LogP contribution in [0.3, 0.4) is 0 Å². The summed E-state index contributed by atoms with van der Waals surface area (Å²) in [6.45, 7) is 7.10. The second kappa shape index (κ2) is 9.33. The molecular formula is C28H27F2N3O2. The van der Waals surface area contributed by atoms with Crippen molar-refractivity contribution in [3.63, 3.8) is 0 Å². The van der Waals surface area contributed by atoms with Crippen molar-refractivity contribution >= 4 is 11.6 Å². The summed E-state index contributed by atoms with van der Waals surface area (Å²) in [4.78, 5) is 17.4. The lowest BCUT2D eigenvalue weighted by molar-refractivity contribution is -0.00824. The van der Waals surface area contributed by atoms with Gasteiger partial charge in [-0.05, 0) is 61.2 Å². The van der Waals surface area contributed by atoms with Gasteiger partial charge in [0.05, 0.1) is 5.69 Å². The molecule has 2 N–H and O–H groups in total. The number of benzene rings is 3. The number of nitrogens with one attached hydrogen (secondary N) is 1. The van der Waals surface area contributed by atoms with E-state index in [2.05, 4.69) is 10.3 Å². The van der Waals surface area contributed by atoms with Crippen molar-refractivity contribution < 1.29 is 18.8 Å². The third-order valence-electron chi connectivity index (χ3n) is 6.12. The number of aromatic nitrogens is 2. The minimum absolute atomic E-state index is 0.0647. The molecule has 180 valence electrons. The Morgan fingerprint density at radius 3 is 2.29 bits per heavy atom. The zero-order valence-corrected chi connectivity index (χ0v) is 20.1. The van der Waals surface area contributed by atoms with E-state index in [1.807, 2.05) is 56.3 Å². The topological polar surface area (TPSA) is 67.2 Å². The molecule has 0 fully saturated rings. The first-order valence-corrected chi connectivity index (χ1v) is 11.4. The summed E-state index contributed by atoms with van der Waals surface area (Å²) in [7, 11) is 0. The number of amides is 1. The largest absolute Gasteiger partial charge is 0.426 e. The van der Waals surface area contributed by atoms with E-state index in [4.69, 9.17) is 0 Å². The fourth-order valence-corrected chi connectivity index (χ4v) is 4.27. The average molecular weight is 476 g/mol. The van der Waals surface area contributed by atoms with Gasteiger partial charge in [0.25, 0.3) is 11.8 Å². The lowest BCUT2D eigenvalue weighted by Crippen LogP contribution is -2.18. The second-order valence-electron chi connectivity index (χ2n) is 8.62. The van der Waals surface area contributed by atoms with E-state index in [-0.39, 0.29) is 29.2 Å². The monoisotopic (exact) mass is 475 g/mol. The summed E-state index contributed by atoms with van der Waals surface area (Å²) in [5, 5.41) is 13.5. The van der Waals surface area contributed by atoms with Gasteiger partial charge in [0, 0.05) is 23.2 Å². The van der Waals surface area contributed by atoms with Gasteiger partial charge >= 0.3 is 0 Å². The summed E-state index contributed by atoms with van der Waals surface area (Å²) in [6, 6.07) is 19.2. The Balaban J connectivity index is 1.67. The number of nitrogens with zero attached hydrogens (tertiary/aromatic N) is 2. The molecule has 3 aromatic carbocycles. The van der Waals surface area contributed by atoms with Crippen molar-refractivity contribution in [1.82, 2.24) is 9.71 Å². The quantitative estimate of drug-likeness (QED) is 0.291. The highest BCUT2D eigenvalue weighted by molar-refractivity contribution is 6.04. The van der Waals surface area contributed by atoms with Gasteiger partial charge in [0.1, 0.15) is 0 Å². The fourth-order valence-electron chi connectivity index (χ4n) is 4.27. The molecular weight excluding hydrogens is 448 g/mol. The van der Waals surface area contributed by atoms with Crippen molar-refractivity contribution in [1.29, 1.82) is 0 Å². The van der Waals surface area contributed by atoms with Crippen LogP contribution in [0.15, 0.2) is 66.7 Å². The number of imidazole rings is 1. The molecule has 0 atom stereocenters. The lowest BCUT2D eigenvalue weighted by Gasteiger charge is -2.15. The highest BCUT2D eigenvalue weighted by Gasteiger charge is 2.29. The van der Waals surface area contributed by atoms with Crippen LogP contribution >= 0.6 is 0 Å². The average Bonchev–Trinajstić information content (AvgIpc) is 3.13. The predicted octanol–water partition coefficient (Wildman–Crippen LogP) is 7.13. The molecule has 1 amide bonds. The van der Waals surface area contributed by atoms with Gasteiger partial charge in [-0.2, -0.15) is 4.73 Å². The molecule has 0 saturated heterocycles. The SMILES string of the molecule is CCC(F)(F)c1cccc(NC(=O)c2c(C)nc(-c3cccc(-c4c(C)cccc4C)c3)n2O)c1. The van der Waals surface area contributed by atoms with E-state index >= 15 is 0 Å². The normalized spacial score (nSPS) is 11.5. The Bertz CT molecular complexity index is 1390. The molecule has 0 radical (unpaired) electrons. The third kappa shape index (κ3) is 4.67. The fraction of sp³-hybridized carbons (Fsp3) is 0.214. The maximum atomic E-state index is 14.1. The van der Waals surface area contributed by atoms with Gasteiger partial charge in [0.2, 0.25) is 0 Å².